The van der Waals surface area contributed by atoms with E-state index in [1.165, 1.54) is 4.88 Å². The van der Waals surface area contributed by atoms with E-state index in [0.29, 0.717) is 5.69 Å². The van der Waals surface area contributed by atoms with Gasteiger partial charge in [-0.15, -0.1) is 11.3 Å². The minimum absolute atomic E-state index is 0.289. The molecule has 0 aliphatic heterocycles. The fourth-order valence-electron chi connectivity index (χ4n) is 1.73. The van der Waals surface area contributed by atoms with Crippen LogP contribution in [0.25, 0.3) is 4.96 Å². The van der Waals surface area contributed by atoms with Gasteiger partial charge < -0.3 is 0 Å². The molecule has 0 atom stereocenters. The third-order valence-electron chi connectivity index (χ3n) is 2.66. The highest BCUT2D eigenvalue weighted by molar-refractivity contribution is 7.17. The predicted octanol–water partition coefficient (Wildman–Crippen LogP) is 2.95. The van der Waals surface area contributed by atoms with Crippen molar-refractivity contribution >= 4 is 22.6 Å². The highest BCUT2D eigenvalue weighted by Gasteiger charge is 2.18. The third kappa shape index (κ3) is 1.40. The molecule has 0 aromatic carbocycles. The van der Waals surface area contributed by atoms with Crippen LogP contribution in [0.5, 0.6) is 0 Å². The summed E-state index contributed by atoms with van der Waals surface area (Å²) in [6.45, 7) is 8.19. The van der Waals surface area contributed by atoms with E-state index in [-0.39, 0.29) is 5.92 Å². The molecule has 0 amide bonds. The van der Waals surface area contributed by atoms with Gasteiger partial charge in [0, 0.05) is 10.6 Å². The van der Waals surface area contributed by atoms with Crippen molar-refractivity contribution in [1.29, 1.82) is 0 Å². The monoisotopic (exact) mass is 222 g/mol. The van der Waals surface area contributed by atoms with Crippen molar-refractivity contribution in [2.75, 3.05) is 0 Å². The number of nitrogens with zero attached hydrogens (tertiary/aromatic N) is 2. The van der Waals surface area contributed by atoms with E-state index in [4.69, 9.17) is 0 Å². The Morgan fingerprint density at radius 1 is 1.40 bits per heavy atom. The van der Waals surface area contributed by atoms with Crippen LogP contribution in [0.4, 0.5) is 0 Å². The maximum atomic E-state index is 11.1. The zero-order valence-corrected chi connectivity index (χ0v) is 10.2. The molecule has 4 heteroatoms. The number of aldehydes is 1. The standard InChI is InChI=1S/C11H14N2OS/c1-6(2)10-9(5-14)13-7(3)8(4)15-11(13)12-10/h5-6H,1-4H3. The first-order chi connectivity index (χ1) is 7.06. The zero-order valence-electron chi connectivity index (χ0n) is 9.37. The van der Waals surface area contributed by atoms with E-state index in [1.807, 2.05) is 11.3 Å². The number of imidazole rings is 1. The van der Waals surface area contributed by atoms with Crippen LogP contribution in [0, 0.1) is 13.8 Å². The molecule has 2 heterocycles. The van der Waals surface area contributed by atoms with Crippen LogP contribution in [-0.4, -0.2) is 15.7 Å². The number of hydrogen-bond acceptors (Lipinski definition) is 3. The molecule has 2 rings (SSSR count). The number of carbonyl (C=O) groups excluding carboxylic acids is 1. The molecule has 80 valence electrons. The molecule has 0 N–H and O–H groups in total. The molecule has 2 aromatic heterocycles. The van der Waals surface area contributed by atoms with E-state index in [1.54, 1.807) is 11.3 Å². The summed E-state index contributed by atoms with van der Waals surface area (Å²) in [5.41, 5.74) is 2.73. The van der Waals surface area contributed by atoms with Gasteiger partial charge in [-0.1, -0.05) is 13.8 Å². The lowest BCUT2D eigenvalue weighted by atomic mass is 10.1. The van der Waals surface area contributed by atoms with Crippen molar-refractivity contribution in [2.45, 2.75) is 33.6 Å². The van der Waals surface area contributed by atoms with Crippen molar-refractivity contribution in [3.8, 4) is 0 Å². The number of aromatic nitrogens is 2. The van der Waals surface area contributed by atoms with Crippen LogP contribution >= 0.6 is 11.3 Å². The van der Waals surface area contributed by atoms with Gasteiger partial charge in [-0.25, -0.2) is 4.98 Å². The van der Waals surface area contributed by atoms with E-state index in [9.17, 15) is 4.79 Å². The van der Waals surface area contributed by atoms with Crippen LogP contribution in [-0.2, 0) is 0 Å². The second-order valence-electron chi connectivity index (χ2n) is 4.02. The summed E-state index contributed by atoms with van der Waals surface area (Å²) >= 11 is 1.64. The van der Waals surface area contributed by atoms with Crippen molar-refractivity contribution in [1.82, 2.24) is 9.38 Å². The number of rotatable bonds is 2. The summed E-state index contributed by atoms with van der Waals surface area (Å²) in [6.07, 6.45) is 0.911. The topological polar surface area (TPSA) is 34.4 Å². The second kappa shape index (κ2) is 3.45. The van der Waals surface area contributed by atoms with Gasteiger partial charge in [0.05, 0.1) is 5.69 Å². The van der Waals surface area contributed by atoms with Gasteiger partial charge in [-0.2, -0.15) is 0 Å². The van der Waals surface area contributed by atoms with E-state index in [0.717, 1.165) is 22.6 Å². The Morgan fingerprint density at radius 2 is 2.07 bits per heavy atom. The minimum atomic E-state index is 0.289. The molecular formula is C11H14N2OS. The molecular weight excluding hydrogens is 208 g/mol. The zero-order chi connectivity index (χ0) is 11.2. The molecule has 3 nitrogen and oxygen atoms in total. The molecule has 0 fully saturated rings. The van der Waals surface area contributed by atoms with Gasteiger partial charge in [0.2, 0.25) is 0 Å². The molecule has 0 saturated heterocycles. The van der Waals surface area contributed by atoms with Crippen LogP contribution in [0.2, 0.25) is 0 Å². The number of thiazole rings is 1. The van der Waals surface area contributed by atoms with Gasteiger partial charge in [0.15, 0.2) is 11.2 Å². The quantitative estimate of drug-likeness (QED) is 0.732. The number of hydrogen-bond donors (Lipinski definition) is 0. The van der Waals surface area contributed by atoms with Crippen LogP contribution < -0.4 is 0 Å². The van der Waals surface area contributed by atoms with E-state index < -0.39 is 0 Å². The molecule has 0 bridgehead atoms. The highest BCUT2D eigenvalue weighted by atomic mass is 32.1. The summed E-state index contributed by atoms with van der Waals surface area (Å²) in [5.74, 6) is 0.289. The SMILES string of the molecule is Cc1sc2nc(C(C)C)c(C=O)n2c1C. The smallest absolute Gasteiger partial charge is 0.194 e. The molecule has 0 unspecified atom stereocenters. The van der Waals surface area contributed by atoms with Gasteiger partial charge in [0.25, 0.3) is 0 Å². The Bertz CT molecular complexity index is 522. The summed E-state index contributed by atoms with van der Waals surface area (Å²) in [7, 11) is 0. The molecule has 0 aliphatic rings. The first kappa shape index (κ1) is 10.4. The maximum absolute atomic E-state index is 11.1. The summed E-state index contributed by atoms with van der Waals surface area (Å²) in [4.78, 5) is 17.8. The van der Waals surface area contributed by atoms with Crippen LogP contribution in [0.3, 0.4) is 0 Å². The Labute approximate surface area is 92.8 Å². The van der Waals surface area contributed by atoms with Gasteiger partial charge in [0.1, 0.15) is 5.69 Å². The average molecular weight is 222 g/mol. The van der Waals surface area contributed by atoms with E-state index in [2.05, 4.69) is 25.8 Å². The van der Waals surface area contributed by atoms with Gasteiger partial charge in [-0.3, -0.25) is 9.20 Å². The lowest BCUT2D eigenvalue weighted by Gasteiger charge is -2.01. The van der Waals surface area contributed by atoms with Crippen molar-refractivity contribution in [3.63, 3.8) is 0 Å². The highest BCUT2D eigenvalue weighted by Crippen LogP contribution is 2.27. The molecule has 15 heavy (non-hydrogen) atoms. The van der Waals surface area contributed by atoms with Gasteiger partial charge in [-0.05, 0) is 19.8 Å². The minimum Gasteiger partial charge on any atom is -0.296 e. The second-order valence-corrected chi connectivity index (χ2v) is 5.20. The normalized spacial score (nSPS) is 11.5. The fourth-order valence-corrected chi connectivity index (χ4v) is 2.71. The van der Waals surface area contributed by atoms with E-state index >= 15 is 0 Å². The largest absolute Gasteiger partial charge is 0.296 e. The lowest BCUT2D eigenvalue weighted by Crippen LogP contribution is -1.98. The molecule has 2 aromatic rings. The van der Waals surface area contributed by atoms with Crippen molar-refractivity contribution in [2.24, 2.45) is 0 Å². The average Bonchev–Trinajstić information content (AvgIpc) is 2.65. The summed E-state index contributed by atoms with van der Waals surface area (Å²) in [5, 5.41) is 0. The van der Waals surface area contributed by atoms with Crippen LogP contribution in [0.1, 0.15) is 46.5 Å². The third-order valence-corrected chi connectivity index (χ3v) is 3.72. The molecule has 0 saturated carbocycles. The predicted molar refractivity (Wildman–Crippen MR) is 62.0 cm³/mol. The molecule has 0 aliphatic carbocycles. The summed E-state index contributed by atoms with van der Waals surface area (Å²) in [6, 6.07) is 0. The Hall–Kier alpha value is -1.16. The van der Waals surface area contributed by atoms with Gasteiger partial charge >= 0.3 is 0 Å². The first-order valence-corrected chi connectivity index (χ1v) is 5.81. The number of fused-ring (bicyclic) bond motifs is 1. The first-order valence-electron chi connectivity index (χ1n) is 4.99. The molecule has 0 spiro atoms. The maximum Gasteiger partial charge on any atom is 0.194 e. The fraction of sp³-hybridized carbons (Fsp3) is 0.455. The van der Waals surface area contributed by atoms with Crippen molar-refractivity contribution in [3.05, 3.63) is 22.0 Å². The Morgan fingerprint density at radius 3 is 2.60 bits per heavy atom. The number of aryl methyl sites for hydroxylation is 2. The number of carbonyl (C=O) groups is 1. The lowest BCUT2D eigenvalue weighted by molar-refractivity contribution is 0.111. The van der Waals surface area contributed by atoms with Crippen molar-refractivity contribution < 1.29 is 4.79 Å². The Kier molecular flexibility index (Phi) is 2.38. The summed E-state index contributed by atoms with van der Waals surface area (Å²) < 4.78 is 1.96. The Balaban J connectivity index is 2.83. The molecule has 0 radical (unpaired) electrons. The van der Waals surface area contributed by atoms with Crippen LogP contribution in [0.15, 0.2) is 0 Å².